The topological polar surface area (TPSA) is 75.6 Å². The van der Waals surface area contributed by atoms with Crippen LogP contribution in [0.5, 0.6) is 5.75 Å². The zero-order valence-corrected chi connectivity index (χ0v) is 12.6. The number of carbonyl (C=O) groups is 2. The van der Waals surface area contributed by atoms with Crippen LogP contribution in [0.15, 0.2) is 24.3 Å². The van der Waals surface area contributed by atoms with E-state index in [2.05, 4.69) is 5.32 Å². The first-order valence-electron chi connectivity index (χ1n) is 7.25. The smallest absolute Gasteiger partial charge is 0.326 e. The predicted octanol–water partition coefficient (Wildman–Crippen LogP) is 2.52. The zero-order chi connectivity index (χ0) is 15.7. The molecule has 0 aliphatic heterocycles. The lowest BCUT2D eigenvalue weighted by Gasteiger charge is -2.13. The van der Waals surface area contributed by atoms with Gasteiger partial charge in [0, 0.05) is 6.42 Å². The molecule has 0 fully saturated rings. The highest BCUT2D eigenvalue weighted by molar-refractivity contribution is 5.83. The van der Waals surface area contributed by atoms with Gasteiger partial charge in [-0.05, 0) is 31.4 Å². The summed E-state index contributed by atoms with van der Waals surface area (Å²) in [5.41, 5.74) is 1.05. The lowest BCUT2D eigenvalue weighted by molar-refractivity contribution is -0.142. The third kappa shape index (κ3) is 6.29. The molecular formula is C16H23NO4. The molecule has 5 nitrogen and oxygen atoms in total. The summed E-state index contributed by atoms with van der Waals surface area (Å²) in [7, 11) is 0. The molecule has 1 aromatic carbocycles. The molecule has 0 bridgehead atoms. The Morgan fingerprint density at radius 1 is 1.33 bits per heavy atom. The van der Waals surface area contributed by atoms with Gasteiger partial charge in [-0.2, -0.15) is 0 Å². The average Bonchev–Trinajstić information content (AvgIpc) is 2.44. The third-order valence-electron chi connectivity index (χ3n) is 3.11. The van der Waals surface area contributed by atoms with Gasteiger partial charge >= 0.3 is 5.97 Å². The Labute approximate surface area is 125 Å². The van der Waals surface area contributed by atoms with Crippen molar-refractivity contribution in [1.82, 2.24) is 5.32 Å². The maximum absolute atomic E-state index is 11.7. The van der Waals surface area contributed by atoms with Gasteiger partial charge in [0.25, 0.3) is 0 Å². The minimum absolute atomic E-state index is 0.246. The largest absolute Gasteiger partial charge is 0.493 e. The molecule has 0 radical (unpaired) electrons. The van der Waals surface area contributed by atoms with E-state index < -0.39 is 12.0 Å². The summed E-state index contributed by atoms with van der Waals surface area (Å²) >= 11 is 0. The van der Waals surface area contributed by atoms with Crippen molar-refractivity contribution >= 4 is 11.9 Å². The monoisotopic (exact) mass is 293 g/mol. The molecule has 1 atom stereocenters. The molecule has 0 aromatic heterocycles. The van der Waals surface area contributed by atoms with E-state index in [1.807, 2.05) is 38.1 Å². The second kappa shape index (κ2) is 9.00. The average molecular weight is 293 g/mol. The number of para-hydroxylation sites is 1. The van der Waals surface area contributed by atoms with Crippen molar-refractivity contribution in [3.8, 4) is 5.75 Å². The van der Waals surface area contributed by atoms with Crippen LogP contribution in [0.3, 0.4) is 0 Å². The molecule has 116 valence electrons. The van der Waals surface area contributed by atoms with Gasteiger partial charge in [0.1, 0.15) is 11.8 Å². The van der Waals surface area contributed by atoms with Crippen molar-refractivity contribution in [2.75, 3.05) is 6.61 Å². The molecule has 0 aliphatic carbocycles. The number of aryl methyl sites for hydroxylation is 1. The summed E-state index contributed by atoms with van der Waals surface area (Å²) in [6.45, 7) is 4.28. The fraction of sp³-hybridized carbons (Fsp3) is 0.500. The van der Waals surface area contributed by atoms with Gasteiger partial charge in [-0.3, -0.25) is 4.79 Å². The number of hydrogen-bond acceptors (Lipinski definition) is 3. The number of aliphatic carboxylic acids is 1. The molecule has 2 N–H and O–H groups in total. The summed E-state index contributed by atoms with van der Waals surface area (Å²) in [6.07, 6.45) is 1.98. The molecular weight excluding hydrogens is 270 g/mol. The lowest BCUT2D eigenvalue weighted by atomic mass is 10.1. The van der Waals surface area contributed by atoms with E-state index in [0.29, 0.717) is 25.9 Å². The Morgan fingerprint density at radius 2 is 2.05 bits per heavy atom. The van der Waals surface area contributed by atoms with Crippen LogP contribution in [0.2, 0.25) is 0 Å². The summed E-state index contributed by atoms with van der Waals surface area (Å²) in [5, 5.41) is 11.5. The number of amides is 1. The van der Waals surface area contributed by atoms with Gasteiger partial charge in [-0.25, -0.2) is 4.79 Å². The van der Waals surface area contributed by atoms with Crippen LogP contribution < -0.4 is 10.1 Å². The van der Waals surface area contributed by atoms with E-state index in [9.17, 15) is 9.59 Å². The number of nitrogens with one attached hydrogen (secondary N) is 1. The molecule has 5 heteroatoms. The highest BCUT2D eigenvalue weighted by atomic mass is 16.5. The van der Waals surface area contributed by atoms with Gasteiger partial charge in [0.15, 0.2) is 0 Å². The van der Waals surface area contributed by atoms with Crippen molar-refractivity contribution in [3.05, 3.63) is 29.8 Å². The lowest BCUT2D eigenvalue weighted by Crippen LogP contribution is -2.40. The van der Waals surface area contributed by atoms with Crippen LogP contribution in [0.1, 0.15) is 38.2 Å². The SMILES string of the molecule is CCC[C@H](NC(=O)CCCOc1ccccc1C)C(=O)O. The molecule has 0 unspecified atom stereocenters. The van der Waals surface area contributed by atoms with Crippen molar-refractivity contribution < 1.29 is 19.4 Å². The summed E-state index contributed by atoms with van der Waals surface area (Å²) in [5.74, 6) is -0.419. The van der Waals surface area contributed by atoms with Gasteiger partial charge < -0.3 is 15.2 Å². The number of rotatable bonds is 9. The molecule has 1 aromatic rings. The number of ether oxygens (including phenoxy) is 1. The van der Waals surface area contributed by atoms with Crippen LogP contribution in [0.4, 0.5) is 0 Å². The minimum atomic E-state index is -0.985. The minimum Gasteiger partial charge on any atom is -0.493 e. The zero-order valence-electron chi connectivity index (χ0n) is 12.6. The van der Waals surface area contributed by atoms with E-state index in [4.69, 9.17) is 9.84 Å². The quantitative estimate of drug-likeness (QED) is 0.686. The standard InChI is InChI=1S/C16H23NO4/c1-3-7-13(16(19)20)17-15(18)10-6-11-21-14-9-5-4-8-12(14)2/h4-5,8-9,13H,3,6-7,10-11H2,1-2H3,(H,17,18)(H,19,20)/t13-/m0/s1. The van der Waals surface area contributed by atoms with Crippen LogP contribution in [0, 0.1) is 6.92 Å². The van der Waals surface area contributed by atoms with E-state index in [-0.39, 0.29) is 12.3 Å². The fourth-order valence-corrected chi connectivity index (χ4v) is 1.95. The number of carboxylic acids is 1. The van der Waals surface area contributed by atoms with E-state index in [0.717, 1.165) is 11.3 Å². The first-order valence-corrected chi connectivity index (χ1v) is 7.25. The van der Waals surface area contributed by atoms with Gasteiger partial charge in [-0.1, -0.05) is 31.5 Å². The van der Waals surface area contributed by atoms with Crippen LogP contribution >= 0.6 is 0 Å². The molecule has 0 spiro atoms. The Bertz CT molecular complexity index is 473. The Kier molecular flexibility index (Phi) is 7.29. The summed E-state index contributed by atoms with van der Waals surface area (Å²) in [6, 6.07) is 6.90. The summed E-state index contributed by atoms with van der Waals surface area (Å²) < 4.78 is 5.59. The van der Waals surface area contributed by atoms with E-state index in [1.165, 1.54) is 0 Å². The van der Waals surface area contributed by atoms with Crippen molar-refractivity contribution in [3.63, 3.8) is 0 Å². The molecule has 0 aliphatic rings. The summed E-state index contributed by atoms with van der Waals surface area (Å²) in [4.78, 5) is 22.6. The van der Waals surface area contributed by atoms with Crippen LogP contribution in [0.25, 0.3) is 0 Å². The first kappa shape index (κ1) is 17.0. The normalized spacial score (nSPS) is 11.7. The van der Waals surface area contributed by atoms with E-state index >= 15 is 0 Å². The highest BCUT2D eigenvalue weighted by Crippen LogP contribution is 2.16. The molecule has 0 saturated heterocycles. The maximum atomic E-state index is 11.7. The molecule has 1 rings (SSSR count). The second-order valence-electron chi connectivity index (χ2n) is 4.96. The second-order valence-corrected chi connectivity index (χ2v) is 4.96. The molecule has 1 amide bonds. The predicted molar refractivity (Wildman–Crippen MR) is 80.4 cm³/mol. The fourth-order valence-electron chi connectivity index (χ4n) is 1.95. The number of carboxylic acid groups (broad SMARTS) is 1. The van der Waals surface area contributed by atoms with Crippen molar-refractivity contribution in [1.29, 1.82) is 0 Å². The third-order valence-corrected chi connectivity index (χ3v) is 3.11. The highest BCUT2D eigenvalue weighted by Gasteiger charge is 2.18. The van der Waals surface area contributed by atoms with Gasteiger partial charge in [0.05, 0.1) is 6.61 Å². The Hall–Kier alpha value is -2.04. The molecule has 0 saturated carbocycles. The van der Waals surface area contributed by atoms with Gasteiger partial charge in [0.2, 0.25) is 5.91 Å². The number of hydrogen-bond donors (Lipinski definition) is 2. The van der Waals surface area contributed by atoms with E-state index in [1.54, 1.807) is 0 Å². The maximum Gasteiger partial charge on any atom is 0.326 e. The van der Waals surface area contributed by atoms with Crippen molar-refractivity contribution in [2.24, 2.45) is 0 Å². The Morgan fingerprint density at radius 3 is 2.67 bits per heavy atom. The van der Waals surface area contributed by atoms with Gasteiger partial charge in [-0.15, -0.1) is 0 Å². The number of carbonyl (C=O) groups excluding carboxylic acids is 1. The van der Waals surface area contributed by atoms with Crippen molar-refractivity contribution in [2.45, 2.75) is 45.6 Å². The van der Waals surface area contributed by atoms with Crippen LogP contribution in [-0.2, 0) is 9.59 Å². The molecule has 0 heterocycles. The first-order chi connectivity index (χ1) is 10.0. The number of benzene rings is 1. The van der Waals surface area contributed by atoms with Crippen LogP contribution in [-0.4, -0.2) is 29.6 Å². The molecule has 21 heavy (non-hydrogen) atoms. The Balaban J connectivity index is 2.27.